The van der Waals surface area contributed by atoms with Crippen molar-refractivity contribution in [3.05, 3.63) is 12.3 Å². The standard InChI is InChI=1S/C10H16N4O2/c1-15-9-2-3-12-10(14-9)13-6-8-7-16-5-4-11-8/h2-3,8,11H,4-7H2,1H3,(H,12,13,14). The van der Waals surface area contributed by atoms with Crippen LogP contribution < -0.4 is 15.4 Å². The normalized spacial score (nSPS) is 20.4. The summed E-state index contributed by atoms with van der Waals surface area (Å²) in [5, 5.41) is 6.49. The highest BCUT2D eigenvalue weighted by Crippen LogP contribution is 2.07. The lowest BCUT2D eigenvalue weighted by molar-refractivity contribution is 0.0806. The van der Waals surface area contributed by atoms with Gasteiger partial charge in [-0.3, -0.25) is 0 Å². The molecule has 1 unspecified atom stereocenters. The van der Waals surface area contributed by atoms with E-state index in [1.54, 1.807) is 19.4 Å². The molecule has 88 valence electrons. The molecule has 1 aromatic rings. The number of rotatable bonds is 4. The third-order valence-electron chi connectivity index (χ3n) is 2.34. The number of nitrogens with zero attached hydrogens (tertiary/aromatic N) is 2. The molecule has 0 saturated carbocycles. The largest absolute Gasteiger partial charge is 0.481 e. The van der Waals surface area contributed by atoms with E-state index in [-0.39, 0.29) is 0 Å². The quantitative estimate of drug-likeness (QED) is 0.743. The topological polar surface area (TPSA) is 68.3 Å². The molecule has 6 heteroatoms. The zero-order valence-corrected chi connectivity index (χ0v) is 9.27. The molecule has 1 atom stereocenters. The van der Waals surface area contributed by atoms with Gasteiger partial charge in [-0.15, -0.1) is 0 Å². The van der Waals surface area contributed by atoms with Crippen molar-refractivity contribution in [3.8, 4) is 5.88 Å². The first kappa shape index (κ1) is 11.1. The first-order valence-corrected chi connectivity index (χ1v) is 5.30. The van der Waals surface area contributed by atoms with E-state index in [1.165, 1.54) is 0 Å². The van der Waals surface area contributed by atoms with Crippen molar-refractivity contribution >= 4 is 5.95 Å². The Balaban J connectivity index is 1.83. The van der Waals surface area contributed by atoms with Crippen molar-refractivity contribution in [2.24, 2.45) is 0 Å². The van der Waals surface area contributed by atoms with Crippen molar-refractivity contribution in [2.45, 2.75) is 6.04 Å². The molecule has 0 radical (unpaired) electrons. The molecule has 2 rings (SSSR count). The lowest BCUT2D eigenvalue weighted by Crippen LogP contribution is -2.45. The Kier molecular flexibility index (Phi) is 3.90. The van der Waals surface area contributed by atoms with E-state index in [0.29, 0.717) is 17.9 Å². The van der Waals surface area contributed by atoms with Crippen molar-refractivity contribution in [1.29, 1.82) is 0 Å². The minimum Gasteiger partial charge on any atom is -0.481 e. The fraction of sp³-hybridized carbons (Fsp3) is 0.600. The van der Waals surface area contributed by atoms with Crippen LogP contribution in [0.1, 0.15) is 0 Å². The van der Waals surface area contributed by atoms with Crippen LogP contribution in [0.25, 0.3) is 0 Å². The minimum absolute atomic E-state index is 0.309. The first-order valence-electron chi connectivity index (χ1n) is 5.30. The fourth-order valence-corrected chi connectivity index (χ4v) is 1.51. The number of aromatic nitrogens is 2. The van der Waals surface area contributed by atoms with Gasteiger partial charge in [-0.1, -0.05) is 0 Å². The average molecular weight is 224 g/mol. The van der Waals surface area contributed by atoms with Crippen LogP contribution in [-0.4, -0.2) is 49.4 Å². The van der Waals surface area contributed by atoms with E-state index >= 15 is 0 Å². The maximum absolute atomic E-state index is 5.35. The number of hydrogen-bond acceptors (Lipinski definition) is 6. The van der Waals surface area contributed by atoms with Gasteiger partial charge in [0, 0.05) is 31.4 Å². The summed E-state index contributed by atoms with van der Waals surface area (Å²) in [5.41, 5.74) is 0. The number of morpholine rings is 1. The molecule has 0 spiro atoms. The molecule has 6 nitrogen and oxygen atoms in total. The summed E-state index contributed by atoms with van der Waals surface area (Å²) >= 11 is 0. The van der Waals surface area contributed by atoms with E-state index in [9.17, 15) is 0 Å². The van der Waals surface area contributed by atoms with Crippen molar-refractivity contribution < 1.29 is 9.47 Å². The smallest absolute Gasteiger partial charge is 0.225 e. The Morgan fingerprint density at radius 3 is 3.38 bits per heavy atom. The summed E-state index contributed by atoms with van der Waals surface area (Å²) < 4.78 is 10.4. The molecule has 0 amide bonds. The zero-order chi connectivity index (χ0) is 11.2. The Bertz CT molecular complexity index is 328. The van der Waals surface area contributed by atoms with Crippen LogP contribution in [0.2, 0.25) is 0 Å². The SMILES string of the molecule is COc1ccnc(NCC2COCCN2)n1. The Hall–Kier alpha value is -1.40. The lowest BCUT2D eigenvalue weighted by Gasteiger charge is -2.23. The monoisotopic (exact) mass is 224 g/mol. The van der Waals surface area contributed by atoms with E-state index in [1.807, 2.05) is 0 Å². The highest BCUT2D eigenvalue weighted by Gasteiger charge is 2.12. The third kappa shape index (κ3) is 3.04. The second-order valence-corrected chi connectivity index (χ2v) is 3.53. The molecule has 16 heavy (non-hydrogen) atoms. The maximum atomic E-state index is 5.35. The molecule has 0 aliphatic carbocycles. The van der Waals surface area contributed by atoms with Crippen molar-refractivity contribution in [2.75, 3.05) is 38.7 Å². The van der Waals surface area contributed by atoms with Gasteiger partial charge in [0.2, 0.25) is 11.8 Å². The molecule has 2 heterocycles. The molecule has 1 saturated heterocycles. The minimum atomic E-state index is 0.309. The number of hydrogen-bond donors (Lipinski definition) is 2. The third-order valence-corrected chi connectivity index (χ3v) is 2.34. The van der Waals surface area contributed by atoms with E-state index in [4.69, 9.17) is 9.47 Å². The first-order chi connectivity index (χ1) is 7.88. The molecule has 1 aromatic heterocycles. The summed E-state index contributed by atoms with van der Waals surface area (Å²) in [6.07, 6.45) is 1.67. The van der Waals surface area contributed by atoms with Crippen LogP contribution >= 0.6 is 0 Å². The molecule has 1 aliphatic rings. The van der Waals surface area contributed by atoms with Gasteiger partial charge in [-0.05, 0) is 0 Å². The molecule has 0 aromatic carbocycles. The fourth-order valence-electron chi connectivity index (χ4n) is 1.51. The lowest BCUT2D eigenvalue weighted by atomic mass is 10.3. The number of anilines is 1. The zero-order valence-electron chi connectivity index (χ0n) is 9.27. The summed E-state index contributed by atoms with van der Waals surface area (Å²) in [6, 6.07) is 2.02. The van der Waals surface area contributed by atoms with Gasteiger partial charge in [0.15, 0.2) is 0 Å². The Morgan fingerprint density at radius 1 is 1.69 bits per heavy atom. The average Bonchev–Trinajstić information content (AvgIpc) is 2.38. The highest BCUT2D eigenvalue weighted by atomic mass is 16.5. The van der Waals surface area contributed by atoms with Gasteiger partial charge in [-0.25, -0.2) is 4.98 Å². The second kappa shape index (κ2) is 5.62. The molecule has 1 aliphatic heterocycles. The van der Waals surface area contributed by atoms with Gasteiger partial charge in [0.25, 0.3) is 0 Å². The van der Waals surface area contributed by atoms with Gasteiger partial charge < -0.3 is 20.1 Å². The summed E-state index contributed by atoms with van der Waals surface area (Å²) in [6.45, 7) is 3.14. The number of methoxy groups -OCH3 is 1. The van der Waals surface area contributed by atoms with Gasteiger partial charge in [0.05, 0.1) is 20.3 Å². The summed E-state index contributed by atoms with van der Waals surface area (Å²) in [7, 11) is 1.59. The van der Waals surface area contributed by atoms with Crippen LogP contribution in [-0.2, 0) is 4.74 Å². The molecule has 2 N–H and O–H groups in total. The van der Waals surface area contributed by atoms with Gasteiger partial charge in [-0.2, -0.15) is 4.98 Å². The number of ether oxygens (including phenoxy) is 2. The van der Waals surface area contributed by atoms with Crippen molar-refractivity contribution in [1.82, 2.24) is 15.3 Å². The van der Waals surface area contributed by atoms with Crippen LogP contribution in [0.5, 0.6) is 5.88 Å². The molecule has 1 fully saturated rings. The predicted molar refractivity (Wildman–Crippen MR) is 59.7 cm³/mol. The van der Waals surface area contributed by atoms with Crippen LogP contribution in [0.4, 0.5) is 5.95 Å². The Morgan fingerprint density at radius 2 is 2.62 bits per heavy atom. The maximum Gasteiger partial charge on any atom is 0.225 e. The highest BCUT2D eigenvalue weighted by molar-refractivity contribution is 5.27. The molecule has 0 bridgehead atoms. The van der Waals surface area contributed by atoms with E-state index in [2.05, 4.69) is 20.6 Å². The van der Waals surface area contributed by atoms with Gasteiger partial charge in [0.1, 0.15) is 0 Å². The predicted octanol–water partition coefficient (Wildman–Crippen LogP) is -0.115. The van der Waals surface area contributed by atoms with E-state index < -0.39 is 0 Å². The second-order valence-electron chi connectivity index (χ2n) is 3.53. The Labute approximate surface area is 94.4 Å². The van der Waals surface area contributed by atoms with Crippen LogP contribution in [0, 0.1) is 0 Å². The van der Waals surface area contributed by atoms with Crippen LogP contribution in [0.3, 0.4) is 0 Å². The summed E-state index contributed by atoms with van der Waals surface area (Å²) in [4.78, 5) is 8.26. The molecular weight excluding hydrogens is 208 g/mol. The number of nitrogens with one attached hydrogen (secondary N) is 2. The van der Waals surface area contributed by atoms with Gasteiger partial charge >= 0.3 is 0 Å². The van der Waals surface area contributed by atoms with Crippen LogP contribution in [0.15, 0.2) is 12.3 Å². The van der Waals surface area contributed by atoms with E-state index in [0.717, 1.165) is 26.3 Å². The van der Waals surface area contributed by atoms with Crippen molar-refractivity contribution in [3.63, 3.8) is 0 Å². The summed E-state index contributed by atoms with van der Waals surface area (Å²) in [5.74, 6) is 1.14. The molecular formula is C10H16N4O2.